The van der Waals surface area contributed by atoms with E-state index in [4.69, 9.17) is 4.74 Å². The van der Waals surface area contributed by atoms with Gasteiger partial charge in [-0.25, -0.2) is 0 Å². The van der Waals surface area contributed by atoms with E-state index in [9.17, 15) is 9.59 Å². The van der Waals surface area contributed by atoms with Crippen LogP contribution in [-0.2, 0) is 16.1 Å². The molecule has 2 aromatic carbocycles. The molecule has 1 N–H and O–H groups in total. The van der Waals surface area contributed by atoms with Gasteiger partial charge in [-0.15, -0.1) is 0 Å². The van der Waals surface area contributed by atoms with Crippen LogP contribution >= 0.6 is 31.9 Å². The summed E-state index contributed by atoms with van der Waals surface area (Å²) >= 11 is 6.90. The molecular weight excluding hydrogens is 500 g/mol. The van der Waals surface area contributed by atoms with Gasteiger partial charge in [0.2, 0.25) is 5.91 Å². The Morgan fingerprint density at radius 3 is 2.45 bits per heavy atom. The Hall–Kier alpha value is -1.86. The van der Waals surface area contributed by atoms with Crippen molar-refractivity contribution in [2.45, 2.75) is 46.3 Å². The van der Waals surface area contributed by atoms with Gasteiger partial charge in [-0.1, -0.05) is 44.0 Å². The monoisotopic (exact) mass is 524 g/mol. The first-order valence-electron chi connectivity index (χ1n) is 9.40. The van der Waals surface area contributed by atoms with Crippen LogP contribution in [0.2, 0.25) is 0 Å². The van der Waals surface area contributed by atoms with Crippen LogP contribution in [0.5, 0.6) is 5.75 Å². The number of rotatable bonds is 8. The predicted molar refractivity (Wildman–Crippen MR) is 122 cm³/mol. The molecule has 0 saturated heterocycles. The second-order valence-corrected chi connectivity index (χ2v) is 8.96. The number of amides is 2. The first-order valence-corrected chi connectivity index (χ1v) is 11.0. The van der Waals surface area contributed by atoms with Crippen molar-refractivity contribution in [2.75, 3.05) is 6.61 Å². The molecule has 0 aliphatic rings. The third-order valence-electron chi connectivity index (χ3n) is 4.33. The lowest BCUT2D eigenvalue weighted by Gasteiger charge is -2.29. The summed E-state index contributed by atoms with van der Waals surface area (Å²) in [5.41, 5.74) is 1.95. The zero-order valence-electron chi connectivity index (χ0n) is 17.0. The summed E-state index contributed by atoms with van der Waals surface area (Å²) < 4.78 is 7.60. The summed E-state index contributed by atoms with van der Waals surface area (Å²) in [6.45, 7) is 7.64. The van der Waals surface area contributed by atoms with E-state index in [1.54, 1.807) is 17.9 Å². The van der Waals surface area contributed by atoms with Crippen LogP contribution < -0.4 is 10.1 Å². The van der Waals surface area contributed by atoms with Gasteiger partial charge in [0.25, 0.3) is 5.91 Å². The number of carbonyl (C=O) groups is 2. The van der Waals surface area contributed by atoms with Crippen molar-refractivity contribution in [3.63, 3.8) is 0 Å². The van der Waals surface area contributed by atoms with Crippen LogP contribution in [0.15, 0.2) is 51.4 Å². The number of carbonyl (C=O) groups excluding carboxylic acids is 2. The van der Waals surface area contributed by atoms with E-state index in [-0.39, 0.29) is 24.5 Å². The van der Waals surface area contributed by atoms with Gasteiger partial charge >= 0.3 is 0 Å². The zero-order chi connectivity index (χ0) is 21.6. The fraction of sp³-hybridized carbons (Fsp3) is 0.364. The Morgan fingerprint density at radius 2 is 1.83 bits per heavy atom. The molecule has 156 valence electrons. The van der Waals surface area contributed by atoms with Crippen molar-refractivity contribution in [2.24, 2.45) is 0 Å². The highest BCUT2D eigenvalue weighted by atomic mass is 79.9. The number of halogens is 2. The van der Waals surface area contributed by atoms with Crippen molar-refractivity contribution in [1.82, 2.24) is 10.2 Å². The molecule has 1 atom stereocenters. The van der Waals surface area contributed by atoms with E-state index in [0.29, 0.717) is 12.3 Å². The number of benzene rings is 2. The van der Waals surface area contributed by atoms with Gasteiger partial charge in [0, 0.05) is 21.5 Å². The van der Waals surface area contributed by atoms with Crippen LogP contribution in [0, 0.1) is 6.92 Å². The van der Waals surface area contributed by atoms with Gasteiger partial charge in [0.15, 0.2) is 6.61 Å². The van der Waals surface area contributed by atoms with E-state index in [1.807, 2.05) is 57.2 Å². The van der Waals surface area contributed by atoms with Crippen molar-refractivity contribution in [1.29, 1.82) is 0 Å². The third-order valence-corrected chi connectivity index (χ3v) is 5.71. The van der Waals surface area contributed by atoms with E-state index in [2.05, 4.69) is 37.2 Å². The maximum Gasteiger partial charge on any atom is 0.261 e. The highest BCUT2D eigenvalue weighted by molar-refractivity contribution is 9.10. The smallest absolute Gasteiger partial charge is 0.261 e. The molecule has 2 amide bonds. The van der Waals surface area contributed by atoms with Crippen LogP contribution in [0.25, 0.3) is 0 Å². The molecule has 29 heavy (non-hydrogen) atoms. The molecule has 0 unspecified atom stereocenters. The number of hydrogen-bond donors (Lipinski definition) is 1. The molecule has 2 aromatic rings. The Morgan fingerprint density at radius 1 is 1.10 bits per heavy atom. The van der Waals surface area contributed by atoms with Gasteiger partial charge in [-0.3, -0.25) is 9.59 Å². The largest absolute Gasteiger partial charge is 0.484 e. The maximum absolute atomic E-state index is 13.0. The van der Waals surface area contributed by atoms with E-state index >= 15 is 0 Å². The van der Waals surface area contributed by atoms with Crippen molar-refractivity contribution >= 4 is 43.7 Å². The molecule has 7 heteroatoms. The zero-order valence-corrected chi connectivity index (χ0v) is 20.2. The average molecular weight is 526 g/mol. The molecule has 0 aromatic heterocycles. The average Bonchev–Trinajstić information content (AvgIpc) is 2.65. The van der Waals surface area contributed by atoms with Gasteiger partial charge in [0.1, 0.15) is 11.8 Å². The van der Waals surface area contributed by atoms with Crippen molar-refractivity contribution < 1.29 is 14.3 Å². The topological polar surface area (TPSA) is 58.6 Å². The van der Waals surface area contributed by atoms with Crippen molar-refractivity contribution in [3.8, 4) is 5.75 Å². The van der Waals surface area contributed by atoms with E-state index in [0.717, 1.165) is 20.1 Å². The highest BCUT2D eigenvalue weighted by Gasteiger charge is 2.27. The van der Waals surface area contributed by atoms with Crippen LogP contribution in [0.4, 0.5) is 0 Å². The molecule has 0 radical (unpaired) electrons. The number of ether oxygens (including phenoxy) is 1. The Bertz CT molecular complexity index is 871. The van der Waals surface area contributed by atoms with E-state index < -0.39 is 6.04 Å². The Balaban J connectivity index is 2.16. The Labute approximate surface area is 189 Å². The molecular formula is C22H26Br2N2O3. The lowest BCUT2D eigenvalue weighted by atomic mass is 10.1. The quantitative estimate of drug-likeness (QED) is 0.536. The summed E-state index contributed by atoms with van der Waals surface area (Å²) in [6, 6.07) is 12.6. The fourth-order valence-electron chi connectivity index (χ4n) is 2.75. The van der Waals surface area contributed by atoms with Crippen LogP contribution in [-0.4, -0.2) is 35.4 Å². The first-order chi connectivity index (χ1) is 13.7. The van der Waals surface area contributed by atoms with Gasteiger partial charge in [-0.2, -0.15) is 0 Å². The predicted octanol–water partition coefficient (Wildman–Crippen LogP) is 4.84. The number of hydrogen-bond acceptors (Lipinski definition) is 3. The van der Waals surface area contributed by atoms with Gasteiger partial charge in [-0.05, 0) is 69.2 Å². The van der Waals surface area contributed by atoms with Gasteiger partial charge < -0.3 is 15.0 Å². The summed E-state index contributed by atoms with van der Waals surface area (Å²) in [5.74, 6) is 0.167. The standard InChI is InChI=1S/C22H26Br2N2O3/c1-14(2)25-22(28)16(4)26(12-17-6-5-7-18(23)11-17)21(27)13-29-19-8-9-20(24)15(3)10-19/h5-11,14,16H,12-13H2,1-4H3,(H,25,28)/t16-/m0/s1. The second kappa shape index (κ2) is 10.8. The molecule has 0 aliphatic heterocycles. The van der Waals surface area contributed by atoms with Crippen molar-refractivity contribution in [3.05, 3.63) is 62.5 Å². The summed E-state index contributed by atoms with van der Waals surface area (Å²) in [5, 5.41) is 2.87. The number of aryl methyl sites for hydroxylation is 1. The van der Waals surface area contributed by atoms with Gasteiger partial charge in [0.05, 0.1) is 0 Å². The summed E-state index contributed by atoms with van der Waals surface area (Å²) in [4.78, 5) is 27.1. The lowest BCUT2D eigenvalue weighted by molar-refractivity contribution is -0.142. The minimum absolute atomic E-state index is 0.00485. The number of nitrogens with zero attached hydrogens (tertiary/aromatic N) is 1. The molecule has 0 spiro atoms. The molecule has 0 heterocycles. The normalized spacial score (nSPS) is 11.8. The third kappa shape index (κ3) is 7.16. The summed E-state index contributed by atoms with van der Waals surface area (Å²) in [6.07, 6.45) is 0. The molecule has 2 rings (SSSR count). The van der Waals surface area contributed by atoms with Crippen LogP contribution in [0.3, 0.4) is 0 Å². The molecule has 0 fully saturated rings. The molecule has 0 bridgehead atoms. The van der Waals surface area contributed by atoms with E-state index in [1.165, 1.54) is 0 Å². The second-order valence-electron chi connectivity index (χ2n) is 7.19. The maximum atomic E-state index is 13.0. The Kier molecular flexibility index (Phi) is 8.71. The minimum Gasteiger partial charge on any atom is -0.484 e. The molecule has 0 aliphatic carbocycles. The number of nitrogens with one attached hydrogen (secondary N) is 1. The van der Waals surface area contributed by atoms with Crippen LogP contribution in [0.1, 0.15) is 31.9 Å². The summed E-state index contributed by atoms with van der Waals surface area (Å²) in [7, 11) is 0. The minimum atomic E-state index is -0.626. The first kappa shape index (κ1) is 23.4. The fourth-order valence-corrected chi connectivity index (χ4v) is 3.45. The highest BCUT2D eigenvalue weighted by Crippen LogP contribution is 2.22. The molecule has 0 saturated carbocycles. The lowest BCUT2D eigenvalue weighted by Crippen LogP contribution is -2.50. The SMILES string of the molecule is Cc1cc(OCC(=O)N(Cc2cccc(Br)c2)[C@@H](C)C(=O)NC(C)C)ccc1Br. The molecule has 5 nitrogen and oxygen atoms in total.